The number of fused-ring (bicyclic) bond motifs is 5. The molecule has 6 rings (SSSR count). The molecule has 202 valence electrons. The molecule has 0 N–H and O–H groups in total. The monoisotopic (exact) mass is 541 g/mol. The first-order valence-corrected chi connectivity index (χ1v) is 13.0. The van der Waals surface area contributed by atoms with Crippen molar-refractivity contribution in [1.29, 1.82) is 0 Å². The quantitative estimate of drug-likeness (QED) is 0.153. The highest BCUT2D eigenvalue weighted by Crippen LogP contribution is 2.45. The van der Waals surface area contributed by atoms with E-state index in [1.165, 1.54) is 0 Å². The van der Waals surface area contributed by atoms with Gasteiger partial charge in [0, 0.05) is 23.9 Å². The summed E-state index contributed by atoms with van der Waals surface area (Å²) >= 11 is 0. The maximum atomic E-state index is 14.3. The average Bonchev–Trinajstić information content (AvgIpc) is 3.26. The number of ether oxygens (including phenoxy) is 1. The van der Waals surface area contributed by atoms with E-state index in [1.807, 2.05) is 48.5 Å². The second kappa shape index (κ2) is 9.77. The Hall–Kier alpha value is -3.75. The number of ketones is 1. The lowest BCUT2D eigenvalue weighted by atomic mass is 9.75. The maximum Gasteiger partial charge on any atom is 0.410 e. The summed E-state index contributed by atoms with van der Waals surface area (Å²) in [5, 5.41) is 0. The van der Waals surface area contributed by atoms with Gasteiger partial charge in [-0.25, -0.2) is 26.7 Å². The molecule has 0 aromatic heterocycles. The molecule has 4 nitrogen and oxygen atoms in total. The van der Waals surface area contributed by atoms with E-state index in [2.05, 4.69) is 0 Å². The molecule has 2 fully saturated rings. The summed E-state index contributed by atoms with van der Waals surface area (Å²) in [5.41, 5.74) is 2.92. The largest absolute Gasteiger partial charge is 0.448 e. The lowest BCUT2D eigenvalue weighted by molar-refractivity contribution is 0.00628. The molecule has 0 spiro atoms. The van der Waals surface area contributed by atoms with Gasteiger partial charge in [-0.15, -0.1) is 0 Å². The molecule has 9 heteroatoms. The molecule has 0 radical (unpaired) electrons. The summed E-state index contributed by atoms with van der Waals surface area (Å²) in [5.74, 6) is -13.1. The average molecular weight is 542 g/mol. The van der Waals surface area contributed by atoms with E-state index < -0.39 is 64.5 Å². The Kier molecular flexibility index (Phi) is 6.40. The van der Waals surface area contributed by atoms with Crippen molar-refractivity contribution < 1.29 is 36.3 Å². The van der Waals surface area contributed by atoms with E-state index in [0.717, 1.165) is 28.7 Å². The van der Waals surface area contributed by atoms with Gasteiger partial charge in [0.15, 0.2) is 29.1 Å². The van der Waals surface area contributed by atoms with Crippen molar-refractivity contribution in [2.45, 2.75) is 50.1 Å². The molecule has 3 aromatic carbocycles. The van der Waals surface area contributed by atoms with Gasteiger partial charge in [0.1, 0.15) is 6.61 Å². The van der Waals surface area contributed by atoms with Crippen molar-refractivity contribution in [3.05, 3.63) is 94.3 Å². The fraction of sp³-hybridized carbons (Fsp3) is 0.333. The predicted molar refractivity (Wildman–Crippen MR) is 132 cm³/mol. The van der Waals surface area contributed by atoms with Crippen LogP contribution in [0, 0.1) is 35.0 Å². The highest BCUT2D eigenvalue weighted by atomic mass is 19.2. The van der Waals surface area contributed by atoms with Crippen LogP contribution in [0.25, 0.3) is 11.1 Å². The van der Waals surface area contributed by atoms with Crippen molar-refractivity contribution in [2.24, 2.45) is 5.92 Å². The minimum absolute atomic E-state index is 0.0546. The van der Waals surface area contributed by atoms with E-state index in [-0.39, 0.29) is 25.4 Å². The number of halogens is 5. The van der Waals surface area contributed by atoms with Crippen LogP contribution in [0.5, 0.6) is 0 Å². The van der Waals surface area contributed by atoms with Crippen LogP contribution < -0.4 is 0 Å². The molecule has 2 heterocycles. The number of amides is 1. The lowest BCUT2D eigenvalue weighted by Crippen LogP contribution is -2.56. The number of carbonyl (C=O) groups is 2. The third-order valence-electron chi connectivity index (χ3n) is 8.35. The first-order chi connectivity index (χ1) is 18.8. The molecule has 2 atom stereocenters. The molecule has 2 aliphatic heterocycles. The van der Waals surface area contributed by atoms with Gasteiger partial charge in [0.2, 0.25) is 5.82 Å². The Balaban J connectivity index is 1.19. The van der Waals surface area contributed by atoms with Crippen molar-refractivity contribution in [1.82, 2.24) is 4.90 Å². The molecule has 3 aliphatic rings. The number of rotatable bonds is 4. The number of piperidine rings is 2. The zero-order chi connectivity index (χ0) is 27.4. The second-order valence-corrected chi connectivity index (χ2v) is 10.4. The molecular formula is C30H24F5NO3. The minimum atomic E-state index is -2.30. The third-order valence-corrected chi connectivity index (χ3v) is 8.35. The highest BCUT2D eigenvalue weighted by Gasteiger charge is 2.45. The first kappa shape index (κ1) is 25.5. The summed E-state index contributed by atoms with van der Waals surface area (Å²) in [6.07, 6.45) is 1.45. The summed E-state index contributed by atoms with van der Waals surface area (Å²) in [6.45, 7) is 0.121. The number of nitrogens with zero attached hydrogens (tertiary/aromatic N) is 1. The molecule has 1 aliphatic carbocycles. The number of benzene rings is 3. The molecule has 1 amide bonds. The lowest BCUT2D eigenvalue weighted by Gasteiger charge is -2.47. The van der Waals surface area contributed by atoms with Gasteiger partial charge in [-0.1, -0.05) is 48.5 Å². The van der Waals surface area contributed by atoms with Gasteiger partial charge in [0.25, 0.3) is 0 Å². The van der Waals surface area contributed by atoms with Gasteiger partial charge in [-0.3, -0.25) is 4.79 Å². The summed E-state index contributed by atoms with van der Waals surface area (Å²) < 4.78 is 75.5. The van der Waals surface area contributed by atoms with Crippen LogP contribution in [0.1, 0.15) is 59.5 Å². The van der Waals surface area contributed by atoms with E-state index in [1.54, 1.807) is 4.90 Å². The van der Waals surface area contributed by atoms with Crippen molar-refractivity contribution in [3.63, 3.8) is 0 Å². The predicted octanol–water partition coefficient (Wildman–Crippen LogP) is 7.15. The fourth-order valence-corrected chi connectivity index (χ4v) is 6.59. The molecule has 2 saturated heterocycles. The Morgan fingerprint density at radius 3 is 1.77 bits per heavy atom. The maximum absolute atomic E-state index is 14.3. The third kappa shape index (κ3) is 4.10. The number of hydrogen-bond acceptors (Lipinski definition) is 3. The van der Waals surface area contributed by atoms with E-state index in [9.17, 15) is 31.5 Å². The van der Waals surface area contributed by atoms with Gasteiger partial charge in [0.05, 0.1) is 5.56 Å². The van der Waals surface area contributed by atoms with Crippen molar-refractivity contribution >= 4 is 11.9 Å². The summed E-state index contributed by atoms with van der Waals surface area (Å²) in [4.78, 5) is 28.0. The Bertz CT molecular complexity index is 1400. The Morgan fingerprint density at radius 1 is 0.744 bits per heavy atom. The molecule has 0 saturated carbocycles. The highest BCUT2D eigenvalue weighted by molar-refractivity contribution is 5.98. The van der Waals surface area contributed by atoms with Crippen LogP contribution in [-0.2, 0) is 4.74 Å². The molecular weight excluding hydrogens is 517 g/mol. The van der Waals surface area contributed by atoms with E-state index in [0.29, 0.717) is 12.8 Å². The van der Waals surface area contributed by atoms with E-state index >= 15 is 0 Å². The van der Waals surface area contributed by atoms with Crippen LogP contribution in [-0.4, -0.2) is 35.5 Å². The van der Waals surface area contributed by atoms with Crippen LogP contribution in [0.2, 0.25) is 0 Å². The van der Waals surface area contributed by atoms with Crippen LogP contribution in [0.3, 0.4) is 0 Å². The fourth-order valence-electron chi connectivity index (χ4n) is 6.59. The zero-order valence-electron chi connectivity index (χ0n) is 20.7. The Labute approximate surface area is 221 Å². The number of carbonyl (C=O) groups excluding carboxylic acids is 2. The van der Waals surface area contributed by atoms with Crippen LogP contribution >= 0.6 is 0 Å². The minimum Gasteiger partial charge on any atom is -0.448 e. The van der Waals surface area contributed by atoms with Crippen molar-refractivity contribution in [2.75, 3.05) is 6.61 Å². The normalized spacial score (nSPS) is 21.9. The SMILES string of the molecule is O=C(c1c(F)c(F)c(F)c(F)c1F)C1CC2CCCC(C1)N2C(=O)OCC1c2ccccc2-c2ccccc21. The second-order valence-electron chi connectivity index (χ2n) is 10.4. The molecule has 39 heavy (non-hydrogen) atoms. The van der Waals surface area contributed by atoms with Gasteiger partial charge in [-0.2, -0.15) is 0 Å². The van der Waals surface area contributed by atoms with Gasteiger partial charge < -0.3 is 9.64 Å². The van der Waals surface area contributed by atoms with Gasteiger partial charge >= 0.3 is 6.09 Å². The standard InChI is InChI=1S/C30H24F5NO3/c31-24-23(25(32)27(34)28(35)26(24)33)29(37)15-12-16-6-5-7-17(13-15)36(16)30(38)39-14-22-20-10-3-1-8-18(20)19-9-2-4-11-21(19)22/h1-4,8-11,15-17,22H,5-7,12-14H2. The smallest absolute Gasteiger partial charge is 0.410 e. The summed E-state index contributed by atoms with van der Waals surface area (Å²) in [6, 6.07) is 15.0. The molecule has 3 aromatic rings. The molecule has 2 unspecified atom stereocenters. The number of hydrogen-bond donors (Lipinski definition) is 0. The van der Waals surface area contributed by atoms with Crippen LogP contribution in [0.15, 0.2) is 48.5 Å². The summed E-state index contributed by atoms with van der Waals surface area (Å²) in [7, 11) is 0. The topological polar surface area (TPSA) is 46.6 Å². The van der Waals surface area contributed by atoms with Crippen LogP contribution in [0.4, 0.5) is 26.7 Å². The zero-order valence-corrected chi connectivity index (χ0v) is 20.7. The first-order valence-electron chi connectivity index (χ1n) is 13.0. The van der Waals surface area contributed by atoms with Crippen molar-refractivity contribution in [3.8, 4) is 11.1 Å². The van der Waals surface area contributed by atoms with Gasteiger partial charge in [-0.05, 0) is 54.4 Å². The van der Waals surface area contributed by atoms with E-state index in [4.69, 9.17) is 4.74 Å². The number of Topliss-reactive ketones (excluding diaryl/α,β-unsaturated/α-hetero) is 1. The molecule has 2 bridgehead atoms. The Morgan fingerprint density at radius 2 is 1.23 bits per heavy atom.